The van der Waals surface area contributed by atoms with E-state index in [0.717, 1.165) is 24.5 Å². The lowest BCUT2D eigenvalue weighted by atomic mass is 9.57. The van der Waals surface area contributed by atoms with Crippen molar-refractivity contribution < 1.29 is 48.0 Å². The first-order valence-corrected chi connectivity index (χ1v) is 15.9. The predicted molar refractivity (Wildman–Crippen MR) is 167 cm³/mol. The minimum atomic E-state index is -4.90. The molecule has 2 saturated carbocycles. The van der Waals surface area contributed by atoms with Gasteiger partial charge in [0.25, 0.3) is 5.91 Å². The Balaban J connectivity index is 1.45. The SMILES string of the molecule is CN(C)[C@@H]1C(=O)C(C(N)=O)=C(O)[C@@]2(O)C(=O)C3=C(O)c4c(O)cc(CN(CCc5ccccc5)CC5CC5)c(C(F)(F)F)c4C[C@H]3C[C@@H]12. The fraction of sp³-hybridized carbons (Fsp3) is 0.457. The highest BCUT2D eigenvalue weighted by Crippen LogP contribution is 2.54. The summed E-state index contributed by atoms with van der Waals surface area (Å²) in [6.45, 7) is 0.944. The standard InChI is InChI=1S/C35H38F3N3O7/c1-40(2)28-22-13-19-12-21-25(29(43)24(19)31(45)34(22,48)32(46)26(30(28)44)33(39)47)23(42)14-20(27(21)35(36,37)38)16-41(15-18-8-9-18)11-10-17-6-4-3-5-7-17/h3-7,14,18-19,22,28,42-43,46,48H,8-13,15-16H2,1-2H3,(H2,39,47)/t19-,22-,28-,34-/m0/s1. The number of nitrogens with two attached hydrogens (primary N) is 1. The Morgan fingerprint density at radius 1 is 1.08 bits per heavy atom. The number of hydrogen-bond acceptors (Lipinski definition) is 9. The first-order chi connectivity index (χ1) is 22.5. The van der Waals surface area contributed by atoms with Gasteiger partial charge in [0.1, 0.15) is 22.8 Å². The predicted octanol–water partition coefficient (Wildman–Crippen LogP) is 3.44. The Bertz CT molecular complexity index is 1750. The monoisotopic (exact) mass is 669 g/mol. The van der Waals surface area contributed by atoms with Crippen molar-refractivity contribution in [1.29, 1.82) is 0 Å². The highest BCUT2D eigenvalue weighted by molar-refractivity contribution is 6.24. The summed E-state index contributed by atoms with van der Waals surface area (Å²) in [5.74, 6) is -8.64. The van der Waals surface area contributed by atoms with Crippen LogP contribution >= 0.6 is 0 Å². The van der Waals surface area contributed by atoms with Crippen molar-refractivity contribution in [1.82, 2.24) is 9.80 Å². The third kappa shape index (κ3) is 5.57. The fourth-order valence-electron chi connectivity index (χ4n) is 7.93. The first kappa shape index (κ1) is 33.7. The lowest BCUT2D eigenvalue weighted by molar-refractivity contribution is -0.153. The molecule has 0 aromatic heterocycles. The van der Waals surface area contributed by atoms with Crippen molar-refractivity contribution in [2.45, 2.75) is 56.5 Å². The summed E-state index contributed by atoms with van der Waals surface area (Å²) in [7, 11) is 2.90. The van der Waals surface area contributed by atoms with Gasteiger partial charge in [-0.2, -0.15) is 13.2 Å². The molecule has 256 valence electrons. The summed E-state index contributed by atoms with van der Waals surface area (Å²) in [6, 6.07) is 9.20. The summed E-state index contributed by atoms with van der Waals surface area (Å²) in [5.41, 5.74) is -0.137. The molecular formula is C35H38F3N3O7. The van der Waals surface area contributed by atoms with Crippen molar-refractivity contribution in [2.24, 2.45) is 23.5 Å². The van der Waals surface area contributed by atoms with Crippen LogP contribution in [0.3, 0.4) is 0 Å². The van der Waals surface area contributed by atoms with Crippen molar-refractivity contribution >= 4 is 23.2 Å². The Morgan fingerprint density at radius 3 is 2.33 bits per heavy atom. The second-order valence-corrected chi connectivity index (χ2v) is 13.7. The number of rotatable bonds is 9. The maximum absolute atomic E-state index is 15.1. The molecule has 0 unspecified atom stereocenters. The largest absolute Gasteiger partial charge is 0.508 e. The average Bonchev–Trinajstić information content (AvgIpc) is 3.81. The van der Waals surface area contributed by atoms with Gasteiger partial charge in [-0.15, -0.1) is 0 Å². The van der Waals surface area contributed by atoms with E-state index in [4.69, 9.17) is 5.73 Å². The molecule has 48 heavy (non-hydrogen) atoms. The first-order valence-electron chi connectivity index (χ1n) is 15.9. The van der Waals surface area contributed by atoms with E-state index in [1.165, 1.54) is 19.0 Å². The van der Waals surface area contributed by atoms with E-state index in [1.54, 1.807) is 0 Å². The third-order valence-corrected chi connectivity index (χ3v) is 10.3. The van der Waals surface area contributed by atoms with Crippen LogP contribution in [0.5, 0.6) is 5.75 Å². The maximum atomic E-state index is 15.1. The van der Waals surface area contributed by atoms with Crippen LogP contribution in [0.15, 0.2) is 53.3 Å². The lowest BCUT2D eigenvalue weighted by Crippen LogP contribution is -2.65. The number of hydrogen-bond donors (Lipinski definition) is 5. The number of amides is 1. The van der Waals surface area contributed by atoms with Crippen LogP contribution in [0, 0.1) is 17.8 Å². The fourth-order valence-corrected chi connectivity index (χ4v) is 7.93. The summed E-state index contributed by atoms with van der Waals surface area (Å²) in [6.07, 6.45) is -3.08. The van der Waals surface area contributed by atoms with E-state index in [-0.39, 0.29) is 18.5 Å². The van der Waals surface area contributed by atoms with E-state index in [2.05, 4.69) is 0 Å². The molecule has 0 bridgehead atoms. The number of ketones is 2. The number of phenols is 1. The van der Waals surface area contributed by atoms with Crippen LogP contribution in [0.4, 0.5) is 13.2 Å². The number of aromatic hydroxyl groups is 1. The van der Waals surface area contributed by atoms with E-state index < -0.39 is 98.7 Å². The molecule has 10 nitrogen and oxygen atoms in total. The van der Waals surface area contributed by atoms with Crippen LogP contribution < -0.4 is 5.73 Å². The van der Waals surface area contributed by atoms with Gasteiger partial charge >= 0.3 is 6.18 Å². The number of fused-ring (bicyclic) bond motifs is 3. The normalized spacial score (nSPS) is 25.8. The number of nitrogens with zero attached hydrogens (tertiary/aromatic N) is 2. The molecule has 4 atom stereocenters. The number of carbonyl (C=O) groups is 3. The highest BCUT2D eigenvalue weighted by atomic mass is 19.4. The van der Waals surface area contributed by atoms with Crippen LogP contribution in [-0.4, -0.2) is 86.5 Å². The topological polar surface area (TPSA) is 165 Å². The summed E-state index contributed by atoms with van der Waals surface area (Å²) >= 11 is 0. The van der Waals surface area contributed by atoms with Crippen molar-refractivity contribution in [2.75, 3.05) is 27.2 Å². The molecule has 2 aromatic rings. The third-order valence-electron chi connectivity index (χ3n) is 10.3. The number of aliphatic hydroxyl groups is 3. The number of Topliss-reactive ketones (excluding diaryl/α,β-unsaturated/α-hetero) is 2. The minimum absolute atomic E-state index is 0.117. The van der Waals surface area contributed by atoms with E-state index in [0.29, 0.717) is 25.4 Å². The molecule has 6 N–H and O–H groups in total. The van der Waals surface area contributed by atoms with E-state index in [9.17, 15) is 34.8 Å². The van der Waals surface area contributed by atoms with Crippen molar-refractivity contribution in [3.05, 3.63) is 81.1 Å². The van der Waals surface area contributed by atoms with Crippen LogP contribution in [0.25, 0.3) is 5.76 Å². The second-order valence-electron chi connectivity index (χ2n) is 13.7. The number of primary amides is 1. The molecule has 0 spiro atoms. The van der Waals surface area contributed by atoms with Gasteiger partial charge in [-0.05, 0) is 80.8 Å². The zero-order chi connectivity index (χ0) is 34.9. The van der Waals surface area contributed by atoms with Gasteiger partial charge in [0.05, 0.1) is 17.2 Å². The van der Waals surface area contributed by atoms with Crippen LogP contribution in [-0.2, 0) is 39.9 Å². The smallest absolute Gasteiger partial charge is 0.417 e. The molecule has 4 aliphatic rings. The number of benzene rings is 2. The Hall–Kier alpha value is -4.20. The molecule has 1 amide bonds. The van der Waals surface area contributed by atoms with Gasteiger partial charge in [0, 0.05) is 31.1 Å². The zero-order valence-electron chi connectivity index (χ0n) is 26.5. The molecule has 2 aromatic carbocycles. The highest BCUT2D eigenvalue weighted by Gasteiger charge is 2.64. The quantitative estimate of drug-likeness (QED) is 0.252. The van der Waals surface area contributed by atoms with E-state index >= 15 is 13.2 Å². The number of alkyl halides is 3. The molecule has 4 aliphatic carbocycles. The van der Waals surface area contributed by atoms with Gasteiger partial charge in [0.2, 0.25) is 5.78 Å². The van der Waals surface area contributed by atoms with E-state index in [1.807, 2.05) is 35.2 Å². The van der Waals surface area contributed by atoms with Crippen LogP contribution in [0.1, 0.15) is 47.1 Å². The number of halogens is 3. The zero-order valence-corrected chi connectivity index (χ0v) is 26.5. The molecule has 0 saturated heterocycles. The molecule has 2 fully saturated rings. The van der Waals surface area contributed by atoms with Gasteiger partial charge in [0.15, 0.2) is 11.4 Å². The Kier molecular flexibility index (Phi) is 8.45. The number of carbonyl (C=O) groups excluding carboxylic acids is 3. The molecule has 6 rings (SSSR count). The lowest BCUT2D eigenvalue weighted by Gasteiger charge is -2.50. The number of phenolic OH excluding ortho intramolecular Hbond substituents is 1. The number of likely N-dealkylation sites (N-methyl/N-ethyl adjacent to an activating group) is 1. The molecule has 0 heterocycles. The molecule has 0 radical (unpaired) electrons. The summed E-state index contributed by atoms with van der Waals surface area (Å²) < 4.78 is 45.2. The maximum Gasteiger partial charge on any atom is 0.417 e. The second kappa shape index (κ2) is 12.0. The summed E-state index contributed by atoms with van der Waals surface area (Å²) in [4.78, 5) is 42.8. The minimum Gasteiger partial charge on any atom is -0.508 e. The average molecular weight is 670 g/mol. The molecular weight excluding hydrogens is 631 g/mol. The Morgan fingerprint density at radius 2 is 1.75 bits per heavy atom. The molecule has 13 heteroatoms. The van der Waals surface area contributed by atoms with Gasteiger partial charge < -0.3 is 26.2 Å². The van der Waals surface area contributed by atoms with Crippen molar-refractivity contribution in [3.63, 3.8) is 0 Å². The van der Waals surface area contributed by atoms with Crippen molar-refractivity contribution in [3.8, 4) is 5.75 Å². The van der Waals surface area contributed by atoms with Gasteiger partial charge in [-0.1, -0.05) is 30.3 Å². The van der Waals surface area contributed by atoms with Crippen LogP contribution in [0.2, 0.25) is 0 Å². The molecule has 0 aliphatic heterocycles. The number of aliphatic hydroxyl groups excluding tert-OH is 2. The van der Waals surface area contributed by atoms with Gasteiger partial charge in [-0.3, -0.25) is 24.2 Å². The summed E-state index contributed by atoms with van der Waals surface area (Å²) in [5, 5.41) is 45.4. The Labute approximate surface area is 274 Å². The van der Waals surface area contributed by atoms with Gasteiger partial charge in [-0.25, -0.2) is 0 Å².